The van der Waals surface area contributed by atoms with Crippen LogP contribution in [0.1, 0.15) is 289 Å². The van der Waals surface area contributed by atoms with Crippen molar-refractivity contribution in [3.8, 4) is 34.5 Å². The Hall–Kier alpha value is -5.88. The van der Waals surface area contributed by atoms with Crippen LogP contribution in [0.5, 0.6) is 34.5 Å². The normalized spacial score (nSPS) is 15.4. The van der Waals surface area contributed by atoms with Crippen LogP contribution in [0.15, 0.2) is 72.8 Å². The third-order valence-electron chi connectivity index (χ3n) is 18.4. The average Bonchev–Trinajstić information content (AvgIpc) is 1.30. The molecule has 1 aliphatic carbocycles. The molecule has 0 aromatic heterocycles. The molecule has 0 aliphatic heterocycles. The Balaban J connectivity index is 1.75. The van der Waals surface area contributed by atoms with Crippen LogP contribution in [-0.4, -0.2) is 42.7 Å². The molecule has 7 rings (SSSR count). The van der Waals surface area contributed by atoms with Gasteiger partial charge in [0.15, 0.2) is 0 Å². The first-order valence-electron chi connectivity index (χ1n) is 32.3. The molecule has 0 N–H and O–H groups in total. The van der Waals surface area contributed by atoms with E-state index in [0.29, 0.717) is 25.7 Å². The van der Waals surface area contributed by atoms with Gasteiger partial charge in [-0.05, 0) is 123 Å². The number of fused-ring (bicyclic) bond motifs is 12. The van der Waals surface area contributed by atoms with Crippen molar-refractivity contribution in [3.05, 3.63) is 173 Å². The fourth-order valence-corrected chi connectivity index (χ4v) is 13.2. The molecule has 6 heteroatoms. The van der Waals surface area contributed by atoms with Gasteiger partial charge in [0, 0.05) is 59.8 Å². The van der Waals surface area contributed by atoms with Crippen LogP contribution in [0, 0.1) is 0 Å². The van der Waals surface area contributed by atoms with Crippen molar-refractivity contribution < 1.29 is 28.4 Å². The second-order valence-electron chi connectivity index (χ2n) is 31.3. The molecule has 1 aliphatic rings. The van der Waals surface area contributed by atoms with Gasteiger partial charge in [-0.1, -0.05) is 237 Å². The highest BCUT2D eigenvalue weighted by atomic mass is 16.5. The fourth-order valence-electron chi connectivity index (χ4n) is 13.2. The van der Waals surface area contributed by atoms with Crippen LogP contribution in [-0.2, 0) is 58.2 Å². The molecule has 6 nitrogen and oxygen atoms in total. The maximum absolute atomic E-state index is 6.88. The smallest absolute Gasteiger partial charge is 0.126 e. The standard InChI is InChI=1S/C80H112O6/c1-27-29-31-63-65-45-59(77(9,10)11)41-53(71(65)83-23)33-49-37-57(75(3,4)5)39-51(69(49)81-21)35-55-43-61(79(15,16)17)47-67(73(55)85-25)64(32-30-28-2)68-48-62(80(18,19)20)44-56(74(68)86-26)36-52-40-58(76(6,7)8)38-50(70(52)82-22)34-54-42-60(78(12,13)14)46-66(63)72(54)84-24/h37-48,63-64H,27-36H2,1-26H3. The lowest BCUT2D eigenvalue weighted by atomic mass is 9.75. The Morgan fingerprint density at radius 2 is 0.430 bits per heavy atom. The molecule has 0 saturated heterocycles. The summed E-state index contributed by atoms with van der Waals surface area (Å²) in [7, 11) is 11.2. The quantitative estimate of drug-likeness (QED) is 0.122. The van der Waals surface area contributed by atoms with Gasteiger partial charge in [0.25, 0.3) is 0 Å². The van der Waals surface area contributed by atoms with Crippen molar-refractivity contribution >= 4 is 0 Å². The molecule has 0 unspecified atom stereocenters. The van der Waals surface area contributed by atoms with Crippen LogP contribution >= 0.6 is 0 Å². The molecule has 0 spiro atoms. The zero-order chi connectivity index (χ0) is 63.8. The second-order valence-corrected chi connectivity index (χ2v) is 31.3. The summed E-state index contributed by atoms with van der Waals surface area (Å²) in [5.41, 5.74) is 20.4. The maximum atomic E-state index is 6.88. The van der Waals surface area contributed by atoms with Crippen molar-refractivity contribution in [1.29, 1.82) is 0 Å². The second kappa shape index (κ2) is 26.1. The first-order chi connectivity index (χ1) is 40.1. The van der Waals surface area contributed by atoms with Crippen LogP contribution < -0.4 is 28.4 Å². The zero-order valence-corrected chi connectivity index (χ0v) is 58.6. The minimum atomic E-state index is -0.176. The summed E-state index contributed by atoms with van der Waals surface area (Å²) < 4.78 is 41.1. The van der Waals surface area contributed by atoms with Crippen molar-refractivity contribution in [2.24, 2.45) is 0 Å². The van der Waals surface area contributed by atoms with E-state index >= 15 is 0 Å². The van der Waals surface area contributed by atoms with Crippen LogP contribution in [0.4, 0.5) is 0 Å². The highest BCUT2D eigenvalue weighted by molar-refractivity contribution is 5.63. The lowest BCUT2D eigenvalue weighted by molar-refractivity contribution is 0.388. The van der Waals surface area contributed by atoms with Gasteiger partial charge in [-0.15, -0.1) is 0 Å². The van der Waals surface area contributed by atoms with E-state index in [9.17, 15) is 0 Å². The van der Waals surface area contributed by atoms with E-state index in [4.69, 9.17) is 28.4 Å². The van der Waals surface area contributed by atoms with E-state index < -0.39 is 0 Å². The van der Waals surface area contributed by atoms with Crippen molar-refractivity contribution in [2.45, 2.75) is 247 Å². The fraction of sp³-hybridized carbons (Fsp3) is 0.550. The number of unbranched alkanes of at least 4 members (excludes halogenated alkanes) is 2. The average molecular weight is 1170 g/mol. The van der Waals surface area contributed by atoms with Crippen LogP contribution in [0.25, 0.3) is 0 Å². The summed E-state index contributed by atoms with van der Waals surface area (Å²) in [4.78, 5) is 0. The van der Waals surface area contributed by atoms with Crippen LogP contribution in [0.2, 0.25) is 0 Å². The molecule has 0 saturated carbocycles. The monoisotopic (exact) mass is 1170 g/mol. The van der Waals surface area contributed by atoms with E-state index in [2.05, 4.69) is 211 Å². The topological polar surface area (TPSA) is 55.4 Å². The Morgan fingerprint density at radius 3 is 0.581 bits per heavy atom. The molecule has 12 bridgehead atoms. The summed E-state index contributed by atoms with van der Waals surface area (Å²) in [6.07, 6.45) is 8.40. The molecule has 0 radical (unpaired) electrons. The Morgan fingerprint density at radius 1 is 0.267 bits per heavy atom. The molecular weight excluding hydrogens is 1060 g/mol. The van der Waals surface area contributed by atoms with Gasteiger partial charge >= 0.3 is 0 Å². The van der Waals surface area contributed by atoms with Gasteiger partial charge in [-0.3, -0.25) is 0 Å². The van der Waals surface area contributed by atoms with Crippen LogP contribution in [0.3, 0.4) is 0 Å². The molecule has 6 aromatic rings. The van der Waals surface area contributed by atoms with E-state index in [1.165, 1.54) is 55.6 Å². The molecule has 468 valence electrons. The molecule has 0 fully saturated rings. The molecule has 86 heavy (non-hydrogen) atoms. The van der Waals surface area contributed by atoms with Crippen molar-refractivity contribution in [3.63, 3.8) is 0 Å². The predicted molar refractivity (Wildman–Crippen MR) is 364 cm³/mol. The molecule has 0 atom stereocenters. The number of rotatable bonds is 12. The lowest BCUT2D eigenvalue weighted by Gasteiger charge is -2.31. The number of hydrogen-bond donors (Lipinski definition) is 0. The first-order valence-corrected chi connectivity index (χ1v) is 32.3. The molecule has 0 amide bonds. The van der Waals surface area contributed by atoms with E-state index in [1.807, 2.05) is 42.7 Å². The molecule has 0 heterocycles. The maximum Gasteiger partial charge on any atom is 0.126 e. The predicted octanol–water partition coefficient (Wildman–Crippen LogP) is 20.8. The Labute approximate surface area is 522 Å². The van der Waals surface area contributed by atoms with E-state index in [1.54, 1.807) is 0 Å². The van der Waals surface area contributed by atoms with Gasteiger partial charge < -0.3 is 28.4 Å². The summed E-state index contributed by atoms with van der Waals surface area (Å²) >= 11 is 0. The minimum Gasteiger partial charge on any atom is -0.496 e. The highest BCUT2D eigenvalue weighted by Gasteiger charge is 2.35. The van der Waals surface area contributed by atoms with Gasteiger partial charge in [0.05, 0.1) is 42.7 Å². The van der Waals surface area contributed by atoms with Gasteiger partial charge in [-0.2, -0.15) is 0 Å². The number of hydrogen-bond acceptors (Lipinski definition) is 6. The summed E-state index contributed by atoms with van der Waals surface area (Å²) in [5, 5.41) is 0. The Bertz CT molecular complexity index is 2950. The zero-order valence-electron chi connectivity index (χ0n) is 58.6. The first kappa shape index (κ1) is 67.6. The largest absolute Gasteiger partial charge is 0.496 e. The lowest BCUT2D eigenvalue weighted by Crippen LogP contribution is -2.18. The van der Waals surface area contributed by atoms with Gasteiger partial charge in [0.1, 0.15) is 34.5 Å². The Kier molecular flexibility index (Phi) is 20.5. The van der Waals surface area contributed by atoms with Crippen molar-refractivity contribution in [2.75, 3.05) is 42.7 Å². The molecular formula is C80H112O6. The highest BCUT2D eigenvalue weighted by Crippen LogP contribution is 2.51. The summed E-state index contributed by atoms with van der Waals surface area (Å²) in [6, 6.07) is 29.1. The van der Waals surface area contributed by atoms with Crippen molar-refractivity contribution in [1.82, 2.24) is 0 Å². The summed E-state index contributed by atoms with van der Waals surface area (Å²) in [6.45, 7) is 46.6. The van der Waals surface area contributed by atoms with E-state index in [0.717, 1.165) is 118 Å². The molecule has 6 aromatic carbocycles. The SMILES string of the molecule is CCCCC1c2cc(C(C)(C)C)cc(c2OC)Cc2cc(C(C)(C)C)cc(c2OC)Cc2cc(C(C)(C)C)cc(c2OC)C(CCCC)c2cc(C(C)(C)C)cc(c2OC)Cc2cc(C(C)(C)C)cc(c2OC)Cc2cc(C(C)(C)C)cc1c2OC. The number of methoxy groups -OCH3 is 6. The minimum absolute atomic E-state index is 0.0566. The third-order valence-corrected chi connectivity index (χ3v) is 18.4. The summed E-state index contributed by atoms with van der Waals surface area (Å²) in [5.74, 6) is 5.36. The van der Waals surface area contributed by atoms with Gasteiger partial charge in [0.2, 0.25) is 0 Å². The van der Waals surface area contributed by atoms with Gasteiger partial charge in [-0.25, -0.2) is 0 Å². The number of ether oxygens (including phenoxy) is 6. The third kappa shape index (κ3) is 14.6. The number of benzene rings is 6. The van der Waals surface area contributed by atoms with E-state index in [-0.39, 0.29) is 44.3 Å².